The predicted octanol–water partition coefficient (Wildman–Crippen LogP) is 2.71. The number of nitrogens with zero attached hydrogens (tertiary/aromatic N) is 1. The molecule has 1 atom stereocenters. The number of halogens is 2. The number of amides is 3. The molecule has 1 heterocycles. The van der Waals surface area contributed by atoms with E-state index in [1.54, 1.807) is 39.2 Å². The second-order valence-electron chi connectivity index (χ2n) is 4.91. The van der Waals surface area contributed by atoms with Crippen LogP contribution in [0.2, 0.25) is 10.0 Å². The molecule has 2 N–H and O–H groups in total. The number of allylic oxidation sites excluding steroid dienone is 1. The second kappa shape index (κ2) is 5.95. The summed E-state index contributed by atoms with van der Waals surface area (Å²) in [5.41, 5.74) is 1.52. The average molecular weight is 328 g/mol. The van der Waals surface area contributed by atoms with Crippen LogP contribution in [-0.2, 0) is 4.79 Å². The van der Waals surface area contributed by atoms with Crippen molar-refractivity contribution in [3.8, 4) is 0 Å². The summed E-state index contributed by atoms with van der Waals surface area (Å²) in [4.78, 5) is 25.6. The molecular formula is C14H15Cl2N3O2. The van der Waals surface area contributed by atoms with Gasteiger partial charge < -0.3 is 15.5 Å². The number of likely N-dealkylation sites (N-methyl/N-ethyl adjacent to an activating group) is 1. The molecule has 1 aliphatic rings. The fourth-order valence-corrected chi connectivity index (χ4v) is 2.61. The molecule has 0 radical (unpaired) electrons. The summed E-state index contributed by atoms with van der Waals surface area (Å²) in [6, 6.07) is 4.09. The Morgan fingerprint density at radius 3 is 2.57 bits per heavy atom. The van der Waals surface area contributed by atoms with Crippen LogP contribution in [0.4, 0.5) is 4.79 Å². The largest absolute Gasteiger partial charge is 0.345 e. The fourth-order valence-electron chi connectivity index (χ4n) is 2.19. The molecule has 2 rings (SSSR count). The Hall–Kier alpha value is -1.72. The number of urea groups is 1. The van der Waals surface area contributed by atoms with Crippen LogP contribution in [0.3, 0.4) is 0 Å². The minimum absolute atomic E-state index is 0.207. The van der Waals surface area contributed by atoms with E-state index in [1.165, 1.54) is 4.90 Å². The van der Waals surface area contributed by atoms with Gasteiger partial charge in [0.05, 0.1) is 21.7 Å². The molecule has 7 heteroatoms. The van der Waals surface area contributed by atoms with Crippen LogP contribution in [0.1, 0.15) is 18.5 Å². The number of hydrogen-bond acceptors (Lipinski definition) is 2. The van der Waals surface area contributed by atoms with E-state index in [4.69, 9.17) is 23.2 Å². The quantitative estimate of drug-likeness (QED) is 0.877. The van der Waals surface area contributed by atoms with Gasteiger partial charge in [0.15, 0.2) is 0 Å². The number of rotatable bonds is 2. The summed E-state index contributed by atoms with van der Waals surface area (Å²) < 4.78 is 0. The van der Waals surface area contributed by atoms with Gasteiger partial charge in [0.2, 0.25) is 0 Å². The molecule has 3 amide bonds. The van der Waals surface area contributed by atoms with Crippen molar-refractivity contribution in [2.45, 2.75) is 13.0 Å². The van der Waals surface area contributed by atoms with Crippen molar-refractivity contribution in [1.29, 1.82) is 0 Å². The van der Waals surface area contributed by atoms with Crippen molar-refractivity contribution in [2.75, 3.05) is 14.1 Å². The molecule has 1 aromatic carbocycles. The molecule has 112 valence electrons. The molecule has 0 saturated heterocycles. The highest BCUT2D eigenvalue weighted by Gasteiger charge is 2.33. The van der Waals surface area contributed by atoms with Gasteiger partial charge in [-0.25, -0.2) is 4.79 Å². The van der Waals surface area contributed by atoms with Gasteiger partial charge in [0.1, 0.15) is 0 Å². The third-order valence-corrected chi connectivity index (χ3v) is 4.03. The van der Waals surface area contributed by atoms with Crippen LogP contribution < -0.4 is 10.6 Å². The lowest BCUT2D eigenvalue weighted by atomic mass is 9.94. The molecule has 0 saturated carbocycles. The first-order valence-corrected chi connectivity index (χ1v) is 7.02. The zero-order valence-electron chi connectivity index (χ0n) is 11.8. The SMILES string of the molecule is CC1=C(C(=O)N(C)C)C(c2cccc(Cl)c2Cl)NC(=O)N1. The molecule has 1 unspecified atom stereocenters. The first-order valence-electron chi connectivity index (χ1n) is 6.26. The number of nitrogens with one attached hydrogen (secondary N) is 2. The number of carbonyl (C=O) groups excluding carboxylic acids is 2. The highest BCUT2D eigenvalue weighted by atomic mass is 35.5. The van der Waals surface area contributed by atoms with E-state index in [2.05, 4.69) is 10.6 Å². The Morgan fingerprint density at radius 2 is 1.95 bits per heavy atom. The van der Waals surface area contributed by atoms with Gasteiger partial charge in [0, 0.05) is 19.8 Å². The lowest BCUT2D eigenvalue weighted by Crippen LogP contribution is -2.46. The minimum atomic E-state index is -0.639. The van der Waals surface area contributed by atoms with Crippen LogP contribution in [0.5, 0.6) is 0 Å². The molecule has 5 nitrogen and oxygen atoms in total. The zero-order valence-corrected chi connectivity index (χ0v) is 13.3. The van der Waals surface area contributed by atoms with E-state index in [1.807, 2.05) is 0 Å². The van der Waals surface area contributed by atoms with E-state index in [0.29, 0.717) is 26.9 Å². The maximum atomic E-state index is 12.4. The van der Waals surface area contributed by atoms with Crippen LogP contribution >= 0.6 is 23.2 Å². The van der Waals surface area contributed by atoms with Gasteiger partial charge in [-0.2, -0.15) is 0 Å². The highest BCUT2D eigenvalue weighted by Crippen LogP contribution is 2.35. The van der Waals surface area contributed by atoms with Crippen molar-refractivity contribution in [3.05, 3.63) is 45.1 Å². The van der Waals surface area contributed by atoms with Gasteiger partial charge in [-0.05, 0) is 18.6 Å². The monoisotopic (exact) mass is 327 g/mol. The molecule has 0 aliphatic carbocycles. The molecule has 0 spiro atoms. The van der Waals surface area contributed by atoms with Crippen molar-refractivity contribution < 1.29 is 9.59 Å². The van der Waals surface area contributed by atoms with Gasteiger partial charge >= 0.3 is 6.03 Å². The summed E-state index contributed by atoms with van der Waals surface area (Å²) >= 11 is 12.2. The molecular weight excluding hydrogens is 313 g/mol. The maximum Gasteiger partial charge on any atom is 0.319 e. The summed E-state index contributed by atoms with van der Waals surface area (Å²) in [7, 11) is 3.30. The van der Waals surface area contributed by atoms with Gasteiger partial charge in [-0.1, -0.05) is 35.3 Å². The minimum Gasteiger partial charge on any atom is -0.345 e. The second-order valence-corrected chi connectivity index (χ2v) is 5.70. The summed E-state index contributed by atoms with van der Waals surface area (Å²) in [6.45, 7) is 1.68. The Balaban J connectivity index is 2.58. The molecule has 21 heavy (non-hydrogen) atoms. The Labute approximate surface area is 132 Å². The standard InChI is InChI=1S/C14H15Cl2N3O2/c1-7-10(13(20)19(2)3)12(18-14(21)17-7)8-5-4-6-9(15)11(8)16/h4-6,12H,1-3H3,(H2,17,18,21). The fraction of sp³-hybridized carbons (Fsp3) is 0.286. The first-order chi connectivity index (χ1) is 9.82. The van der Waals surface area contributed by atoms with E-state index in [9.17, 15) is 9.59 Å². The Kier molecular flexibility index (Phi) is 4.44. The van der Waals surface area contributed by atoms with Gasteiger partial charge in [-0.3, -0.25) is 4.79 Å². The van der Waals surface area contributed by atoms with E-state index in [0.717, 1.165) is 0 Å². The van der Waals surface area contributed by atoms with Gasteiger partial charge in [0.25, 0.3) is 5.91 Å². The molecule has 1 aromatic rings. The van der Waals surface area contributed by atoms with Crippen molar-refractivity contribution in [3.63, 3.8) is 0 Å². The molecule has 1 aliphatic heterocycles. The number of carbonyl (C=O) groups is 2. The first kappa shape index (κ1) is 15.7. The Morgan fingerprint density at radius 1 is 1.29 bits per heavy atom. The predicted molar refractivity (Wildman–Crippen MR) is 82.3 cm³/mol. The smallest absolute Gasteiger partial charge is 0.319 e. The average Bonchev–Trinajstić information content (AvgIpc) is 2.40. The van der Waals surface area contributed by atoms with Gasteiger partial charge in [-0.15, -0.1) is 0 Å². The lowest BCUT2D eigenvalue weighted by molar-refractivity contribution is -0.125. The van der Waals surface area contributed by atoms with Crippen LogP contribution in [0.25, 0.3) is 0 Å². The van der Waals surface area contributed by atoms with E-state index >= 15 is 0 Å². The maximum absolute atomic E-state index is 12.4. The summed E-state index contributed by atoms with van der Waals surface area (Å²) in [5, 5.41) is 6.02. The van der Waals surface area contributed by atoms with E-state index in [-0.39, 0.29) is 11.9 Å². The highest BCUT2D eigenvalue weighted by molar-refractivity contribution is 6.42. The van der Waals surface area contributed by atoms with Crippen LogP contribution in [0.15, 0.2) is 29.5 Å². The normalized spacial score (nSPS) is 18.1. The zero-order chi connectivity index (χ0) is 15.7. The van der Waals surface area contributed by atoms with Crippen molar-refractivity contribution in [2.24, 2.45) is 0 Å². The lowest BCUT2D eigenvalue weighted by Gasteiger charge is -2.30. The summed E-state index contributed by atoms with van der Waals surface area (Å²) in [6.07, 6.45) is 0. The number of hydrogen-bond donors (Lipinski definition) is 2. The summed E-state index contributed by atoms with van der Waals surface area (Å²) in [5.74, 6) is -0.207. The van der Waals surface area contributed by atoms with E-state index < -0.39 is 6.04 Å². The van der Waals surface area contributed by atoms with Crippen LogP contribution in [-0.4, -0.2) is 30.9 Å². The molecule has 0 aromatic heterocycles. The third-order valence-electron chi connectivity index (χ3n) is 3.20. The third kappa shape index (κ3) is 2.99. The van der Waals surface area contributed by atoms with Crippen LogP contribution in [0, 0.1) is 0 Å². The molecule has 0 bridgehead atoms. The molecule has 0 fully saturated rings. The van der Waals surface area contributed by atoms with Crippen molar-refractivity contribution >= 4 is 35.1 Å². The number of benzene rings is 1. The Bertz CT molecular complexity index is 641. The van der Waals surface area contributed by atoms with Crippen molar-refractivity contribution in [1.82, 2.24) is 15.5 Å². The topological polar surface area (TPSA) is 61.4 Å².